The summed E-state index contributed by atoms with van der Waals surface area (Å²) in [4.78, 5) is 0.167. The number of benzene rings is 1. The summed E-state index contributed by atoms with van der Waals surface area (Å²) in [7, 11) is 1.73. The van der Waals surface area contributed by atoms with Gasteiger partial charge >= 0.3 is 0 Å². The number of rotatable bonds is 5. The van der Waals surface area contributed by atoms with Crippen LogP contribution in [-0.4, -0.2) is 15.0 Å². The van der Waals surface area contributed by atoms with Gasteiger partial charge in [-0.2, -0.15) is 0 Å². The topological polar surface area (TPSA) is 43.4 Å². The first kappa shape index (κ1) is 16.3. The highest BCUT2D eigenvalue weighted by atomic mass is 35.7. The second-order valence-electron chi connectivity index (χ2n) is 5.03. The lowest BCUT2D eigenvalue weighted by Crippen LogP contribution is -2.10. The third-order valence-electron chi connectivity index (χ3n) is 3.45. The number of hydrogen-bond donors (Lipinski definition) is 0. The molecule has 108 valence electrons. The van der Waals surface area contributed by atoms with Gasteiger partial charge in [0.25, 0.3) is 9.05 Å². The van der Waals surface area contributed by atoms with E-state index in [9.17, 15) is 8.42 Å². The molecule has 0 amide bonds. The average Bonchev–Trinajstić information content (AvgIpc) is 2.31. The van der Waals surface area contributed by atoms with Gasteiger partial charge in [0.2, 0.25) is 0 Å². The first-order valence-electron chi connectivity index (χ1n) is 6.36. The van der Waals surface area contributed by atoms with Gasteiger partial charge in [0.1, 0.15) is 5.75 Å². The van der Waals surface area contributed by atoms with Crippen LogP contribution in [0.5, 0.6) is 5.75 Å². The molecule has 1 aromatic carbocycles. The van der Waals surface area contributed by atoms with Gasteiger partial charge in [-0.1, -0.05) is 20.3 Å². The van der Waals surface area contributed by atoms with Crippen molar-refractivity contribution in [1.82, 2.24) is 0 Å². The molecule has 1 rings (SSSR count). The second kappa shape index (κ2) is 6.14. The Bertz CT molecular complexity index is 565. The van der Waals surface area contributed by atoms with Crippen molar-refractivity contribution in [2.75, 3.05) is 6.61 Å². The molecule has 1 aromatic rings. The van der Waals surface area contributed by atoms with Crippen molar-refractivity contribution in [2.24, 2.45) is 5.92 Å². The third-order valence-corrected chi connectivity index (χ3v) is 4.90. The Hall–Kier alpha value is -0.740. The van der Waals surface area contributed by atoms with Crippen molar-refractivity contribution in [2.45, 2.75) is 45.9 Å². The molecule has 0 saturated carbocycles. The zero-order valence-electron chi connectivity index (χ0n) is 12.1. The van der Waals surface area contributed by atoms with E-state index < -0.39 is 9.05 Å². The van der Waals surface area contributed by atoms with Gasteiger partial charge in [-0.05, 0) is 49.4 Å². The molecule has 0 aliphatic heterocycles. The predicted molar refractivity (Wildman–Crippen MR) is 78.6 cm³/mol. The number of halogens is 1. The van der Waals surface area contributed by atoms with Crippen LogP contribution in [0.2, 0.25) is 0 Å². The van der Waals surface area contributed by atoms with Gasteiger partial charge in [0, 0.05) is 10.7 Å². The van der Waals surface area contributed by atoms with Gasteiger partial charge in [0.15, 0.2) is 0 Å². The maximum absolute atomic E-state index is 11.5. The first-order chi connectivity index (χ1) is 8.68. The van der Waals surface area contributed by atoms with E-state index in [-0.39, 0.29) is 4.90 Å². The largest absolute Gasteiger partial charge is 0.493 e. The van der Waals surface area contributed by atoms with Crippen LogP contribution in [0.1, 0.15) is 37.0 Å². The van der Waals surface area contributed by atoms with E-state index in [1.54, 1.807) is 13.0 Å². The zero-order valence-corrected chi connectivity index (χ0v) is 13.7. The molecule has 0 radical (unpaired) electrons. The Labute approximate surface area is 120 Å². The fourth-order valence-electron chi connectivity index (χ4n) is 1.84. The minimum absolute atomic E-state index is 0.167. The fraction of sp³-hybridized carbons (Fsp3) is 0.571. The van der Waals surface area contributed by atoms with Gasteiger partial charge < -0.3 is 4.74 Å². The molecule has 0 fully saturated rings. The van der Waals surface area contributed by atoms with Gasteiger partial charge in [0.05, 0.1) is 11.5 Å². The highest BCUT2D eigenvalue weighted by Gasteiger charge is 2.19. The highest BCUT2D eigenvalue weighted by molar-refractivity contribution is 8.13. The molecule has 0 N–H and O–H groups in total. The van der Waals surface area contributed by atoms with E-state index in [0.29, 0.717) is 18.1 Å². The maximum Gasteiger partial charge on any atom is 0.261 e. The summed E-state index contributed by atoms with van der Waals surface area (Å²) in [6.07, 6.45) is 1.05. The van der Waals surface area contributed by atoms with Crippen LogP contribution in [-0.2, 0) is 9.05 Å². The summed E-state index contributed by atoms with van der Waals surface area (Å²) in [5, 5.41) is 0. The molecule has 1 atom stereocenters. The lowest BCUT2D eigenvalue weighted by Gasteiger charge is -2.18. The Morgan fingerprint density at radius 1 is 1.26 bits per heavy atom. The summed E-state index contributed by atoms with van der Waals surface area (Å²) < 4.78 is 28.8. The standard InChI is InChI=1S/C14H21ClO3S/c1-6-9(2)8-18-14-10(3)7-13(19(15,16)17)11(4)12(14)5/h7,9H,6,8H2,1-5H3. The van der Waals surface area contributed by atoms with Crippen LogP contribution in [0.15, 0.2) is 11.0 Å². The summed E-state index contributed by atoms with van der Waals surface area (Å²) in [6.45, 7) is 10.3. The second-order valence-corrected chi connectivity index (χ2v) is 7.57. The van der Waals surface area contributed by atoms with E-state index in [0.717, 1.165) is 23.3 Å². The van der Waals surface area contributed by atoms with Crippen LogP contribution in [0.25, 0.3) is 0 Å². The number of ether oxygens (including phenoxy) is 1. The summed E-state index contributed by atoms with van der Waals surface area (Å²) in [6, 6.07) is 1.58. The first-order valence-corrected chi connectivity index (χ1v) is 8.67. The quantitative estimate of drug-likeness (QED) is 0.773. The summed E-state index contributed by atoms with van der Waals surface area (Å²) in [5.41, 5.74) is 2.29. The average molecular weight is 305 g/mol. The molecule has 0 aliphatic rings. The van der Waals surface area contributed by atoms with Gasteiger partial charge in [-0.25, -0.2) is 8.42 Å². The van der Waals surface area contributed by atoms with Crippen LogP contribution >= 0.6 is 10.7 Å². The van der Waals surface area contributed by atoms with Crippen molar-refractivity contribution in [1.29, 1.82) is 0 Å². The van der Waals surface area contributed by atoms with Crippen molar-refractivity contribution in [3.05, 3.63) is 22.8 Å². The van der Waals surface area contributed by atoms with E-state index in [2.05, 4.69) is 13.8 Å². The smallest absolute Gasteiger partial charge is 0.261 e. The minimum Gasteiger partial charge on any atom is -0.493 e. The third kappa shape index (κ3) is 3.86. The predicted octanol–water partition coefficient (Wildman–Crippen LogP) is 3.96. The molecule has 19 heavy (non-hydrogen) atoms. The van der Waals surface area contributed by atoms with Gasteiger partial charge in [-0.15, -0.1) is 0 Å². The summed E-state index contributed by atoms with van der Waals surface area (Å²) in [5.74, 6) is 1.23. The Kier molecular flexibility index (Phi) is 5.27. The number of aryl methyl sites for hydroxylation is 1. The Morgan fingerprint density at radius 2 is 1.84 bits per heavy atom. The van der Waals surface area contributed by atoms with E-state index in [1.165, 1.54) is 0 Å². The highest BCUT2D eigenvalue weighted by Crippen LogP contribution is 2.32. The van der Waals surface area contributed by atoms with E-state index in [1.807, 2.05) is 13.8 Å². The van der Waals surface area contributed by atoms with Crippen LogP contribution in [0.4, 0.5) is 0 Å². The molecule has 3 nitrogen and oxygen atoms in total. The molecule has 0 bridgehead atoms. The zero-order chi connectivity index (χ0) is 14.8. The molecule has 1 unspecified atom stereocenters. The monoisotopic (exact) mass is 304 g/mol. The fourth-order valence-corrected chi connectivity index (χ4v) is 3.16. The van der Waals surface area contributed by atoms with Gasteiger partial charge in [-0.3, -0.25) is 0 Å². The molecule has 0 heterocycles. The SMILES string of the molecule is CCC(C)COc1c(C)cc(S(=O)(=O)Cl)c(C)c1C. The molecule has 0 saturated heterocycles. The Balaban J connectivity index is 3.20. The van der Waals surface area contributed by atoms with E-state index in [4.69, 9.17) is 15.4 Å². The van der Waals surface area contributed by atoms with Crippen LogP contribution in [0, 0.1) is 26.7 Å². The number of hydrogen-bond acceptors (Lipinski definition) is 3. The molecule has 0 aromatic heterocycles. The lowest BCUT2D eigenvalue weighted by molar-refractivity contribution is 0.253. The van der Waals surface area contributed by atoms with Crippen molar-refractivity contribution in [3.63, 3.8) is 0 Å². The molecule has 5 heteroatoms. The van der Waals surface area contributed by atoms with Crippen molar-refractivity contribution in [3.8, 4) is 5.75 Å². The normalized spacial score (nSPS) is 13.4. The van der Waals surface area contributed by atoms with Crippen LogP contribution in [0.3, 0.4) is 0 Å². The molecule has 0 aliphatic carbocycles. The molecule has 0 spiro atoms. The molecular weight excluding hydrogens is 284 g/mol. The van der Waals surface area contributed by atoms with Crippen molar-refractivity contribution < 1.29 is 13.2 Å². The van der Waals surface area contributed by atoms with Crippen molar-refractivity contribution >= 4 is 19.7 Å². The Morgan fingerprint density at radius 3 is 2.32 bits per heavy atom. The lowest BCUT2D eigenvalue weighted by atomic mass is 10.0. The maximum atomic E-state index is 11.5. The van der Waals surface area contributed by atoms with E-state index >= 15 is 0 Å². The van der Waals surface area contributed by atoms with Crippen LogP contribution < -0.4 is 4.74 Å². The molecular formula is C14H21ClO3S. The summed E-state index contributed by atoms with van der Waals surface area (Å²) >= 11 is 0. The minimum atomic E-state index is -3.71.